The zero-order valence-corrected chi connectivity index (χ0v) is 11.6. The van der Waals surface area contributed by atoms with Crippen molar-refractivity contribution < 1.29 is 9.53 Å². The van der Waals surface area contributed by atoms with Gasteiger partial charge in [0.15, 0.2) is 5.78 Å². The van der Waals surface area contributed by atoms with Crippen molar-refractivity contribution in [3.63, 3.8) is 0 Å². The molecule has 4 heteroatoms. The minimum absolute atomic E-state index is 0.0802. The Bertz CT molecular complexity index is 568. The van der Waals surface area contributed by atoms with Gasteiger partial charge in [-0.15, -0.1) is 0 Å². The summed E-state index contributed by atoms with van der Waals surface area (Å²) < 4.78 is 5.47. The third-order valence-corrected chi connectivity index (χ3v) is 3.13. The normalized spacial score (nSPS) is 10.2. The summed E-state index contributed by atoms with van der Waals surface area (Å²) in [5.74, 6) is 0.663. The highest BCUT2D eigenvalue weighted by atomic mass is 35.5. The van der Waals surface area contributed by atoms with Gasteiger partial charge in [-0.3, -0.25) is 4.79 Å². The number of Topliss-reactive ketones (excluding diaryl/α,β-unsaturated/α-hetero) is 1. The van der Waals surface area contributed by atoms with Gasteiger partial charge in [0.05, 0.1) is 11.6 Å². The first-order valence-corrected chi connectivity index (χ1v) is 6.58. The van der Waals surface area contributed by atoms with E-state index >= 15 is 0 Å². The van der Waals surface area contributed by atoms with Crippen molar-refractivity contribution in [1.29, 1.82) is 0 Å². The number of carbonyl (C=O) groups excluding carboxylic acids is 1. The molecule has 0 N–H and O–H groups in total. The third-order valence-electron chi connectivity index (χ3n) is 2.57. The van der Waals surface area contributed by atoms with Gasteiger partial charge in [0.1, 0.15) is 5.75 Å². The van der Waals surface area contributed by atoms with Crippen LogP contribution in [-0.2, 0) is 0 Å². The topological polar surface area (TPSA) is 26.3 Å². The first kappa shape index (κ1) is 13.9. The lowest BCUT2D eigenvalue weighted by atomic mass is 10.1. The van der Waals surface area contributed by atoms with Gasteiger partial charge in [0.2, 0.25) is 0 Å². The molecule has 0 atom stereocenters. The molecule has 0 aliphatic carbocycles. The van der Waals surface area contributed by atoms with E-state index in [1.807, 2.05) is 30.3 Å². The van der Waals surface area contributed by atoms with E-state index in [0.29, 0.717) is 22.2 Å². The van der Waals surface area contributed by atoms with Crippen LogP contribution < -0.4 is 4.74 Å². The molecule has 0 fully saturated rings. The summed E-state index contributed by atoms with van der Waals surface area (Å²) in [6, 6.07) is 14.2. The first-order chi connectivity index (χ1) is 9.16. The van der Waals surface area contributed by atoms with Crippen LogP contribution >= 0.6 is 23.2 Å². The second kappa shape index (κ2) is 6.60. The number of hydrogen-bond donors (Lipinski definition) is 0. The maximum Gasteiger partial charge on any atom is 0.167 e. The van der Waals surface area contributed by atoms with Crippen LogP contribution in [0.1, 0.15) is 16.8 Å². The predicted octanol–water partition coefficient (Wildman–Crippen LogP) is 4.65. The number of ether oxygens (including phenoxy) is 1. The van der Waals surface area contributed by atoms with Gasteiger partial charge in [-0.1, -0.05) is 41.4 Å². The largest absolute Gasteiger partial charge is 0.493 e. The van der Waals surface area contributed by atoms with Crippen molar-refractivity contribution in [3.8, 4) is 5.75 Å². The number of benzene rings is 2. The molecule has 0 saturated carbocycles. The van der Waals surface area contributed by atoms with E-state index in [1.165, 1.54) is 0 Å². The number of hydrogen-bond acceptors (Lipinski definition) is 2. The summed E-state index contributed by atoms with van der Waals surface area (Å²) in [5.41, 5.74) is 0.436. The molecule has 0 spiro atoms. The molecule has 2 aromatic rings. The summed E-state index contributed by atoms with van der Waals surface area (Å²) in [6.45, 7) is 0.311. The fourth-order valence-electron chi connectivity index (χ4n) is 1.62. The van der Waals surface area contributed by atoms with Crippen LogP contribution in [0.5, 0.6) is 5.75 Å². The molecule has 98 valence electrons. The Hall–Kier alpha value is -1.51. The Kier molecular flexibility index (Phi) is 4.83. The summed E-state index contributed by atoms with van der Waals surface area (Å²) in [4.78, 5) is 12.0. The molecule has 0 radical (unpaired) electrons. The molecule has 2 rings (SSSR count). The van der Waals surface area contributed by atoms with Crippen LogP contribution in [0.4, 0.5) is 0 Å². The fraction of sp³-hybridized carbons (Fsp3) is 0.133. The second-order valence-electron chi connectivity index (χ2n) is 3.96. The van der Waals surface area contributed by atoms with E-state index < -0.39 is 0 Å². The van der Waals surface area contributed by atoms with E-state index in [2.05, 4.69) is 0 Å². The molecular weight excluding hydrogens is 283 g/mol. The molecular formula is C15H12Cl2O2. The van der Waals surface area contributed by atoms with Crippen molar-refractivity contribution in [3.05, 3.63) is 64.1 Å². The highest BCUT2D eigenvalue weighted by Gasteiger charge is 2.11. The highest BCUT2D eigenvalue weighted by molar-refractivity contribution is 6.35. The van der Waals surface area contributed by atoms with Crippen molar-refractivity contribution in [2.24, 2.45) is 0 Å². The highest BCUT2D eigenvalue weighted by Crippen LogP contribution is 2.22. The summed E-state index contributed by atoms with van der Waals surface area (Å²) in [7, 11) is 0. The Morgan fingerprint density at radius 1 is 1.05 bits per heavy atom. The summed E-state index contributed by atoms with van der Waals surface area (Å²) in [5, 5.41) is 0.908. The Morgan fingerprint density at radius 2 is 1.79 bits per heavy atom. The Balaban J connectivity index is 1.93. The van der Waals surface area contributed by atoms with Crippen LogP contribution in [0.25, 0.3) is 0 Å². The lowest BCUT2D eigenvalue weighted by molar-refractivity contribution is 0.0962. The molecule has 0 aliphatic rings. The summed E-state index contributed by atoms with van der Waals surface area (Å²) >= 11 is 11.8. The monoisotopic (exact) mass is 294 g/mol. The number of halogens is 2. The smallest absolute Gasteiger partial charge is 0.167 e. The van der Waals surface area contributed by atoms with Gasteiger partial charge in [0, 0.05) is 17.0 Å². The van der Waals surface area contributed by atoms with E-state index in [-0.39, 0.29) is 12.2 Å². The molecule has 2 aromatic carbocycles. The van der Waals surface area contributed by atoms with Crippen LogP contribution in [0.3, 0.4) is 0 Å². The molecule has 0 heterocycles. The molecule has 0 amide bonds. The third kappa shape index (κ3) is 3.98. The maximum absolute atomic E-state index is 12.0. The zero-order valence-electron chi connectivity index (χ0n) is 10.1. The molecule has 0 aliphatic heterocycles. The van der Waals surface area contributed by atoms with E-state index in [0.717, 1.165) is 5.75 Å². The van der Waals surface area contributed by atoms with Gasteiger partial charge in [0.25, 0.3) is 0 Å². The lowest BCUT2D eigenvalue weighted by Crippen LogP contribution is -2.07. The van der Waals surface area contributed by atoms with Gasteiger partial charge in [-0.2, -0.15) is 0 Å². The Labute approximate surface area is 121 Å². The van der Waals surface area contributed by atoms with E-state index in [9.17, 15) is 4.79 Å². The molecule has 0 unspecified atom stereocenters. The molecule has 0 aromatic heterocycles. The quantitative estimate of drug-likeness (QED) is 0.751. The van der Waals surface area contributed by atoms with Gasteiger partial charge in [-0.25, -0.2) is 0 Å². The van der Waals surface area contributed by atoms with Crippen molar-refractivity contribution in [2.45, 2.75) is 6.42 Å². The molecule has 19 heavy (non-hydrogen) atoms. The SMILES string of the molecule is O=C(CCOc1ccccc1)c1cc(Cl)ccc1Cl. The summed E-state index contributed by atoms with van der Waals surface area (Å²) in [6.07, 6.45) is 0.259. The van der Waals surface area contributed by atoms with Crippen molar-refractivity contribution >= 4 is 29.0 Å². The number of carbonyl (C=O) groups is 1. The van der Waals surface area contributed by atoms with Gasteiger partial charge < -0.3 is 4.74 Å². The Morgan fingerprint density at radius 3 is 2.53 bits per heavy atom. The van der Waals surface area contributed by atoms with Gasteiger partial charge >= 0.3 is 0 Å². The second-order valence-corrected chi connectivity index (χ2v) is 4.80. The maximum atomic E-state index is 12.0. The average molecular weight is 295 g/mol. The molecule has 2 nitrogen and oxygen atoms in total. The lowest BCUT2D eigenvalue weighted by Gasteiger charge is -2.06. The van der Waals surface area contributed by atoms with Crippen LogP contribution in [0.2, 0.25) is 10.0 Å². The fourth-order valence-corrected chi connectivity index (χ4v) is 2.02. The van der Waals surface area contributed by atoms with E-state index in [1.54, 1.807) is 18.2 Å². The minimum atomic E-state index is -0.0802. The average Bonchev–Trinajstić information content (AvgIpc) is 2.42. The number of rotatable bonds is 5. The van der Waals surface area contributed by atoms with Crippen molar-refractivity contribution in [1.82, 2.24) is 0 Å². The van der Waals surface area contributed by atoms with Crippen LogP contribution in [0.15, 0.2) is 48.5 Å². The van der Waals surface area contributed by atoms with Crippen molar-refractivity contribution in [2.75, 3.05) is 6.61 Å². The number of para-hydroxylation sites is 1. The predicted molar refractivity (Wildman–Crippen MR) is 77.3 cm³/mol. The van der Waals surface area contributed by atoms with E-state index in [4.69, 9.17) is 27.9 Å². The molecule has 0 bridgehead atoms. The van der Waals surface area contributed by atoms with Gasteiger partial charge in [-0.05, 0) is 30.3 Å². The standard InChI is InChI=1S/C15H12Cl2O2/c16-11-6-7-14(17)13(10-11)15(18)8-9-19-12-4-2-1-3-5-12/h1-7,10H,8-9H2. The minimum Gasteiger partial charge on any atom is -0.493 e. The molecule has 0 saturated heterocycles. The van der Waals surface area contributed by atoms with Crippen LogP contribution in [0, 0.1) is 0 Å². The first-order valence-electron chi connectivity index (χ1n) is 5.83. The number of ketones is 1. The van der Waals surface area contributed by atoms with Crippen LogP contribution in [-0.4, -0.2) is 12.4 Å². The zero-order chi connectivity index (χ0) is 13.7.